The van der Waals surface area contributed by atoms with Crippen LogP contribution in [0.15, 0.2) is 113 Å². The summed E-state index contributed by atoms with van der Waals surface area (Å²) < 4.78 is 40.1. The highest BCUT2D eigenvalue weighted by Gasteiger charge is 2.29. The molecule has 1 N–H and O–H groups in total. The van der Waals surface area contributed by atoms with Crippen LogP contribution in [0.4, 0.5) is 5.69 Å². The Balaban J connectivity index is 1.30. The maximum Gasteiger partial charge on any atom is 0.273 e. The molecular formula is C35H36N4O6S. The molecule has 1 saturated heterocycles. The van der Waals surface area contributed by atoms with E-state index in [9.17, 15) is 18.0 Å². The maximum absolute atomic E-state index is 14.0. The number of rotatable bonds is 12. The quantitative estimate of drug-likeness (QED) is 0.167. The Morgan fingerprint density at radius 2 is 1.50 bits per heavy atom. The number of carbonyl (C=O) groups excluding carboxylic acids is 2. The fourth-order valence-electron chi connectivity index (χ4n) is 5.06. The predicted octanol–water partition coefficient (Wildman–Crippen LogP) is 5.25. The number of hydrogen-bond acceptors (Lipinski definition) is 7. The van der Waals surface area contributed by atoms with Crippen molar-refractivity contribution < 1.29 is 27.5 Å². The first kappa shape index (κ1) is 32.2. The van der Waals surface area contributed by atoms with E-state index in [1.807, 2.05) is 35.2 Å². The zero-order valence-corrected chi connectivity index (χ0v) is 26.4. The lowest BCUT2D eigenvalue weighted by atomic mass is 10.1. The van der Waals surface area contributed by atoms with E-state index in [0.717, 1.165) is 37.9 Å². The van der Waals surface area contributed by atoms with Crippen LogP contribution in [0.1, 0.15) is 40.7 Å². The summed E-state index contributed by atoms with van der Waals surface area (Å²) in [7, 11) is -2.59. The molecule has 11 heteroatoms. The number of piperidine rings is 1. The highest BCUT2D eigenvalue weighted by atomic mass is 32.2. The van der Waals surface area contributed by atoms with Crippen LogP contribution >= 0.6 is 0 Å². The van der Waals surface area contributed by atoms with Crippen LogP contribution in [-0.2, 0) is 21.4 Å². The second-order valence-corrected chi connectivity index (χ2v) is 12.6. The first-order valence-electron chi connectivity index (χ1n) is 15.0. The first-order valence-corrected chi connectivity index (χ1v) is 16.4. The number of methoxy groups -OCH3 is 1. The number of nitrogens with zero attached hydrogens (tertiary/aromatic N) is 3. The molecule has 4 aromatic rings. The summed E-state index contributed by atoms with van der Waals surface area (Å²) in [5, 5.41) is 4.10. The molecule has 1 fully saturated rings. The molecule has 46 heavy (non-hydrogen) atoms. The molecule has 0 saturated carbocycles. The van der Waals surface area contributed by atoms with Gasteiger partial charge in [-0.3, -0.25) is 13.9 Å². The zero-order valence-electron chi connectivity index (χ0n) is 25.5. The summed E-state index contributed by atoms with van der Waals surface area (Å²) in [6.45, 7) is 1.54. The van der Waals surface area contributed by atoms with Crippen LogP contribution in [0.25, 0.3) is 0 Å². The van der Waals surface area contributed by atoms with E-state index in [4.69, 9.17) is 9.47 Å². The number of ether oxygens (including phenoxy) is 2. The summed E-state index contributed by atoms with van der Waals surface area (Å²) in [6.07, 6.45) is 4.67. The molecular weight excluding hydrogens is 604 g/mol. The monoisotopic (exact) mass is 640 g/mol. The number of sulfonamides is 1. The number of para-hydroxylation sites is 1. The Morgan fingerprint density at radius 1 is 0.848 bits per heavy atom. The van der Waals surface area contributed by atoms with Crippen LogP contribution in [-0.4, -0.2) is 58.2 Å². The van der Waals surface area contributed by atoms with Crippen molar-refractivity contribution in [2.45, 2.75) is 30.7 Å². The minimum absolute atomic E-state index is 0.000805. The Morgan fingerprint density at radius 3 is 2.20 bits per heavy atom. The maximum atomic E-state index is 14.0. The highest BCUT2D eigenvalue weighted by molar-refractivity contribution is 7.92. The Kier molecular flexibility index (Phi) is 10.7. The molecule has 5 rings (SSSR count). The molecule has 0 aliphatic carbocycles. The average Bonchev–Trinajstić information content (AvgIpc) is 3.11. The fourth-order valence-corrected chi connectivity index (χ4v) is 6.53. The Bertz CT molecular complexity index is 1760. The second kappa shape index (κ2) is 15.2. The van der Waals surface area contributed by atoms with Gasteiger partial charge in [0.15, 0.2) is 6.61 Å². The van der Waals surface area contributed by atoms with Gasteiger partial charge in [-0.1, -0.05) is 42.5 Å². The van der Waals surface area contributed by atoms with Crippen molar-refractivity contribution in [1.82, 2.24) is 10.3 Å². The molecule has 1 aliphatic rings. The molecule has 0 spiro atoms. The number of hydrazone groups is 1. The van der Waals surface area contributed by atoms with E-state index in [2.05, 4.69) is 10.5 Å². The summed E-state index contributed by atoms with van der Waals surface area (Å²) in [5.41, 5.74) is 4.29. The lowest BCUT2D eigenvalue weighted by Gasteiger charge is -2.26. The summed E-state index contributed by atoms with van der Waals surface area (Å²) in [6, 6.07) is 28.7. The molecule has 0 radical (unpaired) electrons. The summed E-state index contributed by atoms with van der Waals surface area (Å²) in [4.78, 5) is 27.6. The number of amides is 2. The van der Waals surface area contributed by atoms with Gasteiger partial charge in [-0.2, -0.15) is 5.10 Å². The van der Waals surface area contributed by atoms with Crippen molar-refractivity contribution in [3.8, 4) is 11.5 Å². The summed E-state index contributed by atoms with van der Waals surface area (Å²) >= 11 is 0. The highest BCUT2D eigenvalue weighted by Crippen LogP contribution is 2.30. The van der Waals surface area contributed by atoms with Crippen LogP contribution < -0.4 is 19.2 Å². The average molecular weight is 641 g/mol. The standard InChI is InChI=1S/C35H36N4O6S/c1-44-29-18-20-31(21-19-29)46(42,43)39(25-28-10-4-2-5-11-28)33-13-7-6-12-32(33)35(41)37-36-24-27-14-16-30(17-15-27)45-26-34(40)38-22-8-3-9-23-38/h2,4-7,10-21,24H,3,8-9,22-23,25-26H2,1H3,(H,37,41)/b36-24-. The molecule has 0 unspecified atom stereocenters. The topological polar surface area (TPSA) is 118 Å². The van der Waals surface area contributed by atoms with Gasteiger partial charge in [0, 0.05) is 13.1 Å². The minimum atomic E-state index is -4.09. The smallest absolute Gasteiger partial charge is 0.273 e. The third kappa shape index (κ3) is 8.10. The molecule has 10 nitrogen and oxygen atoms in total. The van der Waals surface area contributed by atoms with Gasteiger partial charge in [0.1, 0.15) is 11.5 Å². The molecule has 2 amide bonds. The van der Waals surface area contributed by atoms with Crippen LogP contribution in [0.2, 0.25) is 0 Å². The Labute approximate surface area is 269 Å². The SMILES string of the molecule is COc1ccc(S(=O)(=O)N(Cc2ccccc2)c2ccccc2C(=O)N/N=C\c2ccc(OCC(=O)N3CCCCC3)cc2)cc1. The molecule has 238 valence electrons. The molecule has 1 aliphatic heterocycles. The number of likely N-dealkylation sites (tertiary alicyclic amines) is 1. The lowest BCUT2D eigenvalue weighted by Crippen LogP contribution is -2.38. The van der Waals surface area contributed by atoms with Crippen molar-refractivity contribution in [3.05, 3.63) is 120 Å². The van der Waals surface area contributed by atoms with Gasteiger partial charge in [-0.25, -0.2) is 13.8 Å². The van der Waals surface area contributed by atoms with E-state index in [1.54, 1.807) is 60.7 Å². The van der Waals surface area contributed by atoms with Crippen LogP contribution in [0.3, 0.4) is 0 Å². The molecule has 0 atom stereocenters. The Hall–Kier alpha value is -5.16. The molecule has 4 aromatic carbocycles. The van der Waals surface area contributed by atoms with Gasteiger partial charge in [0.25, 0.3) is 21.8 Å². The van der Waals surface area contributed by atoms with Crippen molar-refractivity contribution in [2.24, 2.45) is 5.10 Å². The van der Waals surface area contributed by atoms with E-state index >= 15 is 0 Å². The van der Waals surface area contributed by atoms with Gasteiger partial charge >= 0.3 is 0 Å². The van der Waals surface area contributed by atoms with Crippen LogP contribution in [0.5, 0.6) is 11.5 Å². The van der Waals surface area contributed by atoms with Crippen molar-refractivity contribution in [1.29, 1.82) is 0 Å². The lowest BCUT2D eigenvalue weighted by molar-refractivity contribution is -0.134. The third-order valence-corrected chi connectivity index (χ3v) is 9.34. The molecule has 0 aromatic heterocycles. The molecule has 0 bridgehead atoms. The molecule has 1 heterocycles. The number of carbonyl (C=O) groups is 2. The number of benzene rings is 4. The van der Waals surface area contributed by atoms with Gasteiger partial charge in [-0.15, -0.1) is 0 Å². The minimum Gasteiger partial charge on any atom is -0.497 e. The van der Waals surface area contributed by atoms with E-state index in [1.165, 1.54) is 29.8 Å². The van der Waals surface area contributed by atoms with Gasteiger partial charge in [0.05, 0.1) is 36.0 Å². The van der Waals surface area contributed by atoms with E-state index in [-0.39, 0.29) is 35.2 Å². The van der Waals surface area contributed by atoms with Crippen LogP contribution in [0, 0.1) is 0 Å². The number of nitrogens with one attached hydrogen (secondary N) is 1. The van der Waals surface area contributed by atoms with Gasteiger partial charge in [0.2, 0.25) is 0 Å². The third-order valence-electron chi connectivity index (χ3n) is 7.56. The summed E-state index contributed by atoms with van der Waals surface area (Å²) in [5.74, 6) is 0.479. The predicted molar refractivity (Wildman–Crippen MR) is 177 cm³/mol. The van der Waals surface area contributed by atoms with Gasteiger partial charge in [-0.05, 0) is 91.1 Å². The first-order chi connectivity index (χ1) is 22.3. The number of anilines is 1. The fraction of sp³-hybridized carbons (Fsp3) is 0.229. The normalized spacial score (nSPS) is 13.3. The van der Waals surface area contributed by atoms with Gasteiger partial charge < -0.3 is 14.4 Å². The van der Waals surface area contributed by atoms with E-state index < -0.39 is 15.9 Å². The largest absolute Gasteiger partial charge is 0.497 e. The second-order valence-electron chi connectivity index (χ2n) is 10.7. The van der Waals surface area contributed by atoms with Crippen molar-refractivity contribution >= 4 is 33.7 Å². The van der Waals surface area contributed by atoms with E-state index in [0.29, 0.717) is 17.1 Å². The number of hydrogen-bond donors (Lipinski definition) is 1. The zero-order chi connectivity index (χ0) is 32.4. The van der Waals surface area contributed by atoms with Crippen molar-refractivity contribution in [3.63, 3.8) is 0 Å². The van der Waals surface area contributed by atoms with Crippen molar-refractivity contribution in [2.75, 3.05) is 31.1 Å².